The van der Waals surface area contributed by atoms with Crippen molar-refractivity contribution in [3.05, 3.63) is 47.1 Å². The number of nitrogens with zero attached hydrogens (tertiary/aromatic N) is 1. The summed E-state index contributed by atoms with van der Waals surface area (Å²) >= 11 is 6.45. The van der Waals surface area contributed by atoms with E-state index in [4.69, 9.17) is 25.8 Å². The summed E-state index contributed by atoms with van der Waals surface area (Å²) in [5.74, 6) is 0.411. The zero-order chi connectivity index (χ0) is 24.4. The average Bonchev–Trinajstić information content (AvgIpc) is 3.63. The van der Waals surface area contributed by atoms with Crippen LogP contribution in [0.4, 0.5) is 5.69 Å². The number of hydrogen-bond donors (Lipinski definition) is 2. The molecule has 0 bridgehead atoms. The SMILES string of the molecule is CCOc1cc([C@@H](CC(=O)OC)n2cc3c(Cl)ccc(NC(=O)C4CC4)c3c2O)ccc1OC. The van der Waals surface area contributed by atoms with E-state index in [-0.39, 0.29) is 24.1 Å². The quantitative estimate of drug-likeness (QED) is 0.417. The third-order valence-electron chi connectivity index (χ3n) is 5.93. The van der Waals surface area contributed by atoms with Crippen molar-refractivity contribution in [1.82, 2.24) is 4.57 Å². The lowest BCUT2D eigenvalue weighted by atomic mass is 10.0. The molecule has 0 radical (unpaired) electrons. The Labute approximate surface area is 202 Å². The van der Waals surface area contributed by atoms with Gasteiger partial charge in [0.05, 0.1) is 49.4 Å². The lowest BCUT2D eigenvalue weighted by molar-refractivity contribution is -0.141. The number of benzene rings is 2. The van der Waals surface area contributed by atoms with E-state index in [0.29, 0.717) is 45.2 Å². The molecule has 2 aromatic carbocycles. The highest BCUT2D eigenvalue weighted by atomic mass is 35.5. The van der Waals surface area contributed by atoms with Crippen LogP contribution < -0.4 is 14.8 Å². The lowest BCUT2D eigenvalue weighted by Gasteiger charge is -2.21. The first-order chi connectivity index (χ1) is 16.4. The average molecular weight is 487 g/mol. The minimum absolute atomic E-state index is 0.00156. The molecule has 0 saturated heterocycles. The fourth-order valence-electron chi connectivity index (χ4n) is 4.00. The Bertz CT molecular complexity index is 1230. The molecule has 0 spiro atoms. The molecule has 1 aromatic heterocycles. The normalized spacial score (nSPS) is 14.0. The molecule has 0 unspecified atom stereocenters. The van der Waals surface area contributed by atoms with Crippen molar-refractivity contribution in [2.45, 2.75) is 32.2 Å². The van der Waals surface area contributed by atoms with Crippen LogP contribution in [0.5, 0.6) is 17.4 Å². The summed E-state index contributed by atoms with van der Waals surface area (Å²) in [5.41, 5.74) is 1.17. The summed E-state index contributed by atoms with van der Waals surface area (Å²) < 4.78 is 17.6. The van der Waals surface area contributed by atoms with Crippen molar-refractivity contribution >= 4 is 39.9 Å². The number of methoxy groups -OCH3 is 2. The number of carbonyl (C=O) groups is 2. The van der Waals surface area contributed by atoms with Gasteiger partial charge in [0.2, 0.25) is 11.8 Å². The van der Waals surface area contributed by atoms with Crippen LogP contribution in [0.25, 0.3) is 10.8 Å². The van der Waals surface area contributed by atoms with Crippen LogP contribution >= 0.6 is 11.6 Å². The maximum atomic E-state index is 12.4. The highest BCUT2D eigenvalue weighted by molar-refractivity contribution is 6.36. The molecular formula is C25H27ClN2O6. The third kappa shape index (κ3) is 4.63. The number of hydrogen-bond acceptors (Lipinski definition) is 6. The van der Waals surface area contributed by atoms with Gasteiger partial charge in [-0.3, -0.25) is 9.59 Å². The van der Waals surface area contributed by atoms with Crippen LogP contribution in [0.2, 0.25) is 5.02 Å². The molecule has 1 atom stereocenters. The number of nitrogens with one attached hydrogen (secondary N) is 1. The molecule has 1 amide bonds. The smallest absolute Gasteiger partial charge is 0.307 e. The number of carbonyl (C=O) groups excluding carboxylic acids is 2. The number of ether oxygens (including phenoxy) is 3. The van der Waals surface area contributed by atoms with Gasteiger partial charge in [-0.05, 0) is 49.6 Å². The van der Waals surface area contributed by atoms with Crippen molar-refractivity contribution in [3.63, 3.8) is 0 Å². The number of halogens is 1. The van der Waals surface area contributed by atoms with E-state index >= 15 is 0 Å². The molecule has 2 N–H and O–H groups in total. The Kier molecular flexibility index (Phi) is 6.88. The first kappa shape index (κ1) is 23.8. The van der Waals surface area contributed by atoms with Gasteiger partial charge in [-0.1, -0.05) is 17.7 Å². The van der Waals surface area contributed by atoms with Crippen molar-refractivity contribution < 1.29 is 28.9 Å². The highest BCUT2D eigenvalue weighted by Gasteiger charge is 2.31. The number of amides is 1. The first-order valence-corrected chi connectivity index (χ1v) is 11.5. The minimum Gasteiger partial charge on any atom is -0.494 e. The standard InChI is InChI=1S/C25H27ClN2O6/c1-4-34-21-11-15(7-10-20(21)32-2)19(12-22(29)33-3)28-13-16-17(26)8-9-18(23(16)25(28)31)27-24(30)14-5-6-14/h7-11,13-14,19,31H,4-6,12H2,1-3H3,(H,27,30)/t19-/m1/s1. The van der Waals surface area contributed by atoms with E-state index in [9.17, 15) is 14.7 Å². The summed E-state index contributed by atoms with van der Waals surface area (Å²) in [6.45, 7) is 2.29. The molecule has 1 aliphatic carbocycles. The van der Waals surface area contributed by atoms with Crippen LogP contribution in [0, 0.1) is 5.92 Å². The fourth-order valence-corrected chi connectivity index (χ4v) is 4.21. The van der Waals surface area contributed by atoms with E-state index in [1.807, 2.05) is 6.92 Å². The van der Waals surface area contributed by atoms with Crippen molar-refractivity contribution in [2.24, 2.45) is 5.92 Å². The van der Waals surface area contributed by atoms with Gasteiger partial charge in [-0.15, -0.1) is 0 Å². The minimum atomic E-state index is -0.631. The van der Waals surface area contributed by atoms with Crippen LogP contribution in [0.3, 0.4) is 0 Å². The molecule has 9 heteroatoms. The van der Waals surface area contributed by atoms with E-state index in [1.165, 1.54) is 7.11 Å². The number of rotatable bonds is 9. The maximum Gasteiger partial charge on any atom is 0.307 e. The van der Waals surface area contributed by atoms with Gasteiger partial charge in [0.25, 0.3) is 0 Å². The van der Waals surface area contributed by atoms with Gasteiger partial charge in [0, 0.05) is 17.5 Å². The highest BCUT2D eigenvalue weighted by Crippen LogP contribution is 2.43. The summed E-state index contributed by atoms with van der Waals surface area (Å²) in [4.78, 5) is 24.7. The van der Waals surface area contributed by atoms with Crippen molar-refractivity contribution in [3.8, 4) is 17.4 Å². The second-order valence-corrected chi connectivity index (χ2v) is 8.55. The number of aromatic hydroxyl groups is 1. The Morgan fingerprint density at radius 2 is 1.97 bits per heavy atom. The Balaban J connectivity index is 1.84. The van der Waals surface area contributed by atoms with Crippen LogP contribution in [-0.4, -0.2) is 42.4 Å². The predicted molar refractivity (Wildman–Crippen MR) is 129 cm³/mol. The van der Waals surface area contributed by atoms with E-state index in [0.717, 1.165) is 12.8 Å². The summed E-state index contributed by atoms with van der Waals surface area (Å²) in [6, 6.07) is 8.04. The van der Waals surface area contributed by atoms with Crippen molar-refractivity contribution in [2.75, 3.05) is 26.1 Å². The van der Waals surface area contributed by atoms with Crippen LogP contribution in [-0.2, 0) is 14.3 Å². The van der Waals surface area contributed by atoms with Gasteiger partial charge in [-0.25, -0.2) is 0 Å². The van der Waals surface area contributed by atoms with E-state index < -0.39 is 12.0 Å². The summed E-state index contributed by atoms with van der Waals surface area (Å²) in [7, 11) is 2.86. The fraction of sp³-hybridized carbons (Fsp3) is 0.360. The van der Waals surface area contributed by atoms with Gasteiger partial charge in [0.15, 0.2) is 11.5 Å². The van der Waals surface area contributed by atoms with E-state index in [2.05, 4.69) is 5.32 Å². The zero-order valence-corrected chi connectivity index (χ0v) is 20.0. The van der Waals surface area contributed by atoms with Crippen LogP contribution in [0.1, 0.15) is 37.8 Å². The van der Waals surface area contributed by atoms with Gasteiger partial charge in [0.1, 0.15) is 0 Å². The summed E-state index contributed by atoms with van der Waals surface area (Å²) in [6.07, 6.45) is 3.34. The monoisotopic (exact) mass is 486 g/mol. The molecule has 1 heterocycles. The Morgan fingerprint density at radius 3 is 2.62 bits per heavy atom. The number of esters is 1. The number of anilines is 1. The molecule has 8 nitrogen and oxygen atoms in total. The molecule has 1 fully saturated rings. The molecule has 4 rings (SSSR count). The molecule has 34 heavy (non-hydrogen) atoms. The molecule has 1 aliphatic rings. The second-order valence-electron chi connectivity index (χ2n) is 8.15. The Morgan fingerprint density at radius 1 is 1.21 bits per heavy atom. The Hall–Kier alpha value is -3.39. The molecule has 1 saturated carbocycles. The van der Waals surface area contributed by atoms with Crippen molar-refractivity contribution in [1.29, 1.82) is 0 Å². The van der Waals surface area contributed by atoms with Gasteiger partial charge < -0.3 is 29.2 Å². The molecule has 0 aliphatic heterocycles. The second kappa shape index (κ2) is 9.85. The van der Waals surface area contributed by atoms with Gasteiger partial charge >= 0.3 is 5.97 Å². The first-order valence-electron chi connectivity index (χ1n) is 11.1. The molecule has 180 valence electrons. The summed E-state index contributed by atoms with van der Waals surface area (Å²) in [5, 5.41) is 15.6. The predicted octanol–water partition coefficient (Wildman–Crippen LogP) is 4.91. The maximum absolute atomic E-state index is 12.4. The lowest BCUT2D eigenvalue weighted by Crippen LogP contribution is -2.16. The van der Waals surface area contributed by atoms with E-state index in [1.54, 1.807) is 48.2 Å². The third-order valence-corrected chi connectivity index (χ3v) is 6.26. The number of aromatic nitrogens is 1. The number of fused-ring (bicyclic) bond motifs is 1. The van der Waals surface area contributed by atoms with Gasteiger partial charge in [-0.2, -0.15) is 0 Å². The zero-order valence-electron chi connectivity index (χ0n) is 19.3. The molecule has 3 aromatic rings. The molecular weight excluding hydrogens is 460 g/mol. The largest absolute Gasteiger partial charge is 0.494 e. The topological polar surface area (TPSA) is 99.0 Å². The van der Waals surface area contributed by atoms with Crippen LogP contribution in [0.15, 0.2) is 36.5 Å².